The van der Waals surface area contributed by atoms with Gasteiger partial charge in [-0.1, -0.05) is 19.4 Å². The van der Waals surface area contributed by atoms with Crippen molar-refractivity contribution < 1.29 is 14.3 Å². The van der Waals surface area contributed by atoms with Gasteiger partial charge in [-0.3, -0.25) is 4.79 Å². The highest BCUT2D eigenvalue weighted by Crippen LogP contribution is 2.23. The average Bonchev–Trinajstić information content (AvgIpc) is 2.73. The van der Waals surface area contributed by atoms with Gasteiger partial charge in [0, 0.05) is 6.42 Å². The highest BCUT2D eigenvalue weighted by Gasteiger charge is 1.98. The molecular formula is C23H28N2O3. The molecule has 0 saturated carbocycles. The van der Waals surface area contributed by atoms with Crippen molar-refractivity contribution in [3.8, 4) is 11.5 Å². The Morgan fingerprint density at radius 3 is 1.93 bits per heavy atom. The van der Waals surface area contributed by atoms with Gasteiger partial charge in [-0.2, -0.15) is 10.2 Å². The second-order valence-corrected chi connectivity index (χ2v) is 6.30. The Bertz CT molecular complexity index is 752. The number of hydrogen-bond acceptors (Lipinski definition) is 5. The summed E-state index contributed by atoms with van der Waals surface area (Å²) in [6, 6.07) is 15.1. The Hall–Kier alpha value is -2.95. The van der Waals surface area contributed by atoms with Crippen molar-refractivity contribution in [2.75, 3.05) is 13.2 Å². The Morgan fingerprint density at radius 1 is 0.857 bits per heavy atom. The van der Waals surface area contributed by atoms with Crippen LogP contribution in [0.5, 0.6) is 11.5 Å². The van der Waals surface area contributed by atoms with Crippen LogP contribution in [0, 0.1) is 0 Å². The van der Waals surface area contributed by atoms with Crippen LogP contribution in [-0.2, 0) is 4.79 Å². The molecule has 5 heteroatoms. The fourth-order valence-electron chi connectivity index (χ4n) is 2.55. The largest absolute Gasteiger partial charge is 0.494 e. The normalized spacial score (nSPS) is 10.8. The molecule has 0 bridgehead atoms. The number of ether oxygens (including phenoxy) is 2. The van der Waals surface area contributed by atoms with E-state index >= 15 is 0 Å². The van der Waals surface area contributed by atoms with E-state index in [1.165, 1.54) is 6.08 Å². The van der Waals surface area contributed by atoms with Crippen molar-refractivity contribution in [2.24, 2.45) is 10.2 Å². The molecule has 148 valence electrons. The number of rotatable bonds is 13. The summed E-state index contributed by atoms with van der Waals surface area (Å²) in [5, 5.41) is 8.47. The summed E-state index contributed by atoms with van der Waals surface area (Å²) in [4.78, 5) is 11.1. The molecule has 0 aromatic heterocycles. The van der Waals surface area contributed by atoms with Gasteiger partial charge in [0.2, 0.25) is 0 Å². The Kier molecular flexibility index (Phi) is 9.49. The number of carbonyl (C=O) groups excluding carboxylic acids is 1. The number of azo groups is 1. The zero-order chi connectivity index (χ0) is 20.0. The van der Waals surface area contributed by atoms with Crippen molar-refractivity contribution in [3.63, 3.8) is 0 Å². The van der Waals surface area contributed by atoms with Crippen molar-refractivity contribution >= 4 is 17.2 Å². The maximum Gasteiger partial charge on any atom is 0.155 e. The van der Waals surface area contributed by atoms with Crippen LogP contribution >= 0.6 is 0 Å². The predicted octanol–water partition coefficient (Wildman–Crippen LogP) is 6.59. The molecule has 28 heavy (non-hydrogen) atoms. The highest BCUT2D eigenvalue weighted by atomic mass is 16.5. The van der Waals surface area contributed by atoms with E-state index in [9.17, 15) is 4.79 Å². The van der Waals surface area contributed by atoms with Crippen LogP contribution < -0.4 is 9.47 Å². The first-order chi connectivity index (χ1) is 13.7. The van der Waals surface area contributed by atoms with E-state index < -0.39 is 0 Å². The molecule has 2 rings (SSSR count). The fourth-order valence-corrected chi connectivity index (χ4v) is 2.55. The van der Waals surface area contributed by atoms with Gasteiger partial charge in [0.25, 0.3) is 0 Å². The van der Waals surface area contributed by atoms with E-state index in [1.54, 1.807) is 0 Å². The first kappa shape index (κ1) is 21.4. The summed E-state index contributed by atoms with van der Waals surface area (Å²) in [5.41, 5.74) is 1.55. The summed E-state index contributed by atoms with van der Waals surface area (Å²) in [6.07, 6.45) is 5.97. The van der Waals surface area contributed by atoms with Crippen LogP contribution in [0.4, 0.5) is 11.4 Å². The summed E-state index contributed by atoms with van der Waals surface area (Å²) < 4.78 is 11.1. The van der Waals surface area contributed by atoms with Crippen LogP contribution in [0.25, 0.3) is 0 Å². The van der Waals surface area contributed by atoms with Crippen LogP contribution in [-0.4, -0.2) is 19.0 Å². The molecule has 0 aliphatic heterocycles. The molecule has 5 nitrogen and oxygen atoms in total. The van der Waals surface area contributed by atoms with Gasteiger partial charge in [0.15, 0.2) is 5.78 Å². The Labute approximate surface area is 167 Å². The third-order valence-electron chi connectivity index (χ3n) is 4.08. The molecule has 2 aromatic carbocycles. The van der Waals surface area contributed by atoms with Gasteiger partial charge in [-0.15, -0.1) is 0 Å². The quantitative estimate of drug-likeness (QED) is 0.224. The van der Waals surface area contributed by atoms with E-state index in [0.717, 1.165) is 48.6 Å². The molecule has 0 aliphatic rings. The van der Waals surface area contributed by atoms with Crippen molar-refractivity contribution in [1.82, 2.24) is 0 Å². The molecule has 0 spiro atoms. The van der Waals surface area contributed by atoms with Crippen molar-refractivity contribution in [2.45, 2.75) is 39.0 Å². The number of carbonyl (C=O) groups is 1. The standard InChI is InChI=1S/C23H28N2O3/c1-3-21(26)9-7-5-6-8-18-28-23-16-12-20(13-17-23)25-24-19-10-14-22(15-11-19)27-4-2/h3,10-17H,1,4-9,18H2,2H3/b25-24+. The summed E-state index contributed by atoms with van der Waals surface area (Å²) in [5.74, 6) is 1.77. The number of nitrogens with zero attached hydrogens (tertiary/aromatic N) is 2. The van der Waals surface area contributed by atoms with Gasteiger partial charge in [-0.25, -0.2) is 0 Å². The van der Waals surface area contributed by atoms with Crippen LogP contribution in [0.2, 0.25) is 0 Å². The molecule has 0 atom stereocenters. The van der Waals surface area contributed by atoms with Crippen LogP contribution in [0.1, 0.15) is 39.0 Å². The smallest absolute Gasteiger partial charge is 0.155 e. The summed E-state index contributed by atoms with van der Waals surface area (Å²) in [7, 11) is 0. The van der Waals surface area contributed by atoms with E-state index in [-0.39, 0.29) is 5.78 Å². The highest BCUT2D eigenvalue weighted by molar-refractivity contribution is 5.88. The Morgan fingerprint density at radius 2 is 1.39 bits per heavy atom. The molecule has 0 fully saturated rings. The number of unbranched alkanes of at least 4 members (excludes halogenated alkanes) is 3. The number of allylic oxidation sites excluding steroid dienone is 1. The second-order valence-electron chi connectivity index (χ2n) is 6.30. The molecule has 0 amide bonds. The average molecular weight is 380 g/mol. The van der Waals surface area contributed by atoms with E-state index in [4.69, 9.17) is 9.47 Å². The molecule has 0 aliphatic carbocycles. The first-order valence-electron chi connectivity index (χ1n) is 9.74. The van der Waals surface area contributed by atoms with Gasteiger partial charge < -0.3 is 9.47 Å². The minimum absolute atomic E-state index is 0.121. The number of hydrogen-bond donors (Lipinski definition) is 0. The molecular weight excluding hydrogens is 352 g/mol. The SMILES string of the molecule is C=CC(=O)CCCCCCOc1ccc(/N=N/c2ccc(OCC)cc2)cc1. The molecule has 0 saturated heterocycles. The molecule has 0 heterocycles. The zero-order valence-electron chi connectivity index (χ0n) is 16.5. The third-order valence-corrected chi connectivity index (χ3v) is 4.08. The lowest BCUT2D eigenvalue weighted by atomic mass is 10.1. The van der Waals surface area contributed by atoms with E-state index in [2.05, 4.69) is 16.8 Å². The van der Waals surface area contributed by atoms with Crippen LogP contribution in [0.3, 0.4) is 0 Å². The number of ketones is 1. The summed E-state index contributed by atoms with van der Waals surface area (Å²) >= 11 is 0. The summed E-state index contributed by atoms with van der Waals surface area (Å²) in [6.45, 7) is 6.75. The molecule has 2 aromatic rings. The number of benzene rings is 2. The van der Waals surface area contributed by atoms with Gasteiger partial charge in [-0.05, 0) is 74.4 Å². The fraction of sp³-hybridized carbons (Fsp3) is 0.348. The van der Waals surface area contributed by atoms with Crippen molar-refractivity contribution in [3.05, 3.63) is 61.2 Å². The molecule has 0 unspecified atom stereocenters. The lowest BCUT2D eigenvalue weighted by molar-refractivity contribution is -0.114. The maximum absolute atomic E-state index is 11.1. The minimum Gasteiger partial charge on any atom is -0.494 e. The van der Waals surface area contributed by atoms with Gasteiger partial charge in [0.1, 0.15) is 11.5 Å². The zero-order valence-corrected chi connectivity index (χ0v) is 16.5. The topological polar surface area (TPSA) is 60.2 Å². The molecule has 0 radical (unpaired) electrons. The third kappa shape index (κ3) is 8.16. The monoisotopic (exact) mass is 380 g/mol. The maximum atomic E-state index is 11.1. The minimum atomic E-state index is 0.121. The first-order valence-corrected chi connectivity index (χ1v) is 9.74. The lowest BCUT2D eigenvalue weighted by Gasteiger charge is -2.06. The lowest BCUT2D eigenvalue weighted by Crippen LogP contribution is -1.97. The van der Waals surface area contributed by atoms with E-state index in [0.29, 0.717) is 19.6 Å². The Balaban J connectivity index is 1.68. The predicted molar refractivity (Wildman–Crippen MR) is 112 cm³/mol. The van der Waals surface area contributed by atoms with Crippen LogP contribution in [0.15, 0.2) is 71.4 Å². The van der Waals surface area contributed by atoms with E-state index in [1.807, 2.05) is 55.5 Å². The van der Waals surface area contributed by atoms with Crippen molar-refractivity contribution in [1.29, 1.82) is 0 Å². The molecule has 0 N–H and O–H groups in total. The van der Waals surface area contributed by atoms with Gasteiger partial charge in [0.05, 0.1) is 24.6 Å². The van der Waals surface area contributed by atoms with Gasteiger partial charge >= 0.3 is 0 Å². The second kappa shape index (κ2) is 12.4.